The molecule has 1 heterocycles. The molecule has 0 atom stereocenters. The van der Waals surface area contributed by atoms with E-state index in [-0.39, 0.29) is 6.04 Å². The third-order valence-corrected chi connectivity index (χ3v) is 4.17. The lowest BCUT2D eigenvalue weighted by molar-refractivity contribution is -0.137. The van der Waals surface area contributed by atoms with Crippen LogP contribution in [0.4, 0.5) is 0 Å². The van der Waals surface area contributed by atoms with Gasteiger partial charge in [-0.25, -0.2) is 12.7 Å². The molecule has 6 nitrogen and oxygen atoms in total. The van der Waals surface area contributed by atoms with Gasteiger partial charge in [0, 0.05) is 19.1 Å². The minimum Gasteiger partial charge on any atom is -0.468 e. The van der Waals surface area contributed by atoms with E-state index in [1.807, 2.05) is 0 Å². The van der Waals surface area contributed by atoms with E-state index in [9.17, 15) is 13.2 Å². The van der Waals surface area contributed by atoms with E-state index in [4.69, 9.17) is 5.73 Å². The minimum absolute atomic E-state index is 0.0644. The molecule has 0 aromatic carbocycles. The maximum atomic E-state index is 11.6. The van der Waals surface area contributed by atoms with Gasteiger partial charge in [0.25, 0.3) is 0 Å². The van der Waals surface area contributed by atoms with E-state index in [0.29, 0.717) is 25.9 Å². The molecule has 88 valence electrons. The van der Waals surface area contributed by atoms with Crippen molar-refractivity contribution in [3.63, 3.8) is 0 Å². The first-order valence-corrected chi connectivity index (χ1v) is 6.37. The number of esters is 1. The Kier molecular flexibility index (Phi) is 4.06. The molecule has 0 spiro atoms. The second kappa shape index (κ2) is 4.91. The van der Waals surface area contributed by atoms with Crippen molar-refractivity contribution in [3.8, 4) is 0 Å². The highest BCUT2D eigenvalue weighted by Gasteiger charge is 2.28. The summed E-state index contributed by atoms with van der Waals surface area (Å²) < 4.78 is 28.9. The summed E-state index contributed by atoms with van der Waals surface area (Å²) in [5.74, 6) is -1.32. The SMILES string of the molecule is COC(=O)CS(=O)(=O)N1CCC(N)CC1. The Morgan fingerprint density at radius 3 is 2.47 bits per heavy atom. The molecule has 1 rings (SSSR count). The van der Waals surface area contributed by atoms with Crippen LogP contribution in [0, 0.1) is 0 Å². The van der Waals surface area contributed by atoms with Crippen LogP contribution in [-0.2, 0) is 19.6 Å². The molecular formula is C8H16N2O4S. The van der Waals surface area contributed by atoms with E-state index in [2.05, 4.69) is 4.74 Å². The molecule has 1 aliphatic heterocycles. The van der Waals surface area contributed by atoms with Crippen molar-refractivity contribution in [1.82, 2.24) is 4.31 Å². The van der Waals surface area contributed by atoms with Crippen molar-refractivity contribution in [2.75, 3.05) is 26.0 Å². The highest BCUT2D eigenvalue weighted by atomic mass is 32.2. The maximum absolute atomic E-state index is 11.6. The zero-order valence-corrected chi connectivity index (χ0v) is 9.50. The van der Waals surface area contributed by atoms with Gasteiger partial charge in [0.05, 0.1) is 7.11 Å². The zero-order valence-electron chi connectivity index (χ0n) is 8.68. The van der Waals surface area contributed by atoms with Gasteiger partial charge in [-0.3, -0.25) is 4.79 Å². The van der Waals surface area contributed by atoms with Gasteiger partial charge in [-0.05, 0) is 12.8 Å². The van der Waals surface area contributed by atoms with Crippen molar-refractivity contribution < 1.29 is 17.9 Å². The van der Waals surface area contributed by atoms with Crippen molar-refractivity contribution in [2.45, 2.75) is 18.9 Å². The maximum Gasteiger partial charge on any atom is 0.322 e. The Labute approximate surface area is 89.4 Å². The zero-order chi connectivity index (χ0) is 11.5. The number of hydrogen-bond acceptors (Lipinski definition) is 5. The van der Waals surface area contributed by atoms with Crippen LogP contribution in [-0.4, -0.2) is 50.7 Å². The molecule has 1 aliphatic rings. The molecule has 2 N–H and O–H groups in total. The number of piperidine rings is 1. The predicted molar refractivity (Wildman–Crippen MR) is 54.6 cm³/mol. The molecule has 7 heteroatoms. The van der Waals surface area contributed by atoms with Gasteiger partial charge >= 0.3 is 5.97 Å². The summed E-state index contributed by atoms with van der Waals surface area (Å²) in [6.07, 6.45) is 1.28. The molecule has 1 fully saturated rings. The number of ether oxygens (including phenoxy) is 1. The quantitative estimate of drug-likeness (QED) is 0.629. The Balaban J connectivity index is 2.58. The van der Waals surface area contributed by atoms with Gasteiger partial charge in [0.2, 0.25) is 10.0 Å². The Morgan fingerprint density at radius 2 is 2.00 bits per heavy atom. The first-order valence-electron chi connectivity index (χ1n) is 4.76. The molecule has 0 aromatic rings. The van der Waals surface area contributed by atoms with Gasteiger partial charge < -0.3 is 10.5 Å². The summed E-state index contributed by atoms with van der Waals surface area (Å²) in [7, 11) is -2.34. The second-order valence-electron chi connectivity index (χ2n) is 3.57. The number of sulfonamides is 1. The highest BCUT2D eigenvalue weighted by molar-refractivity contribution is 7.89. The van der Waals surface area contributed by atoms with E-state index in [1.54, 1.807) is 0 Å². The molecule has 0 unspecified atom stereocenters. The Morgan fingerprint density at radius 1 is 1.47 bits per heavy atom. The molecule has 1 saturated heterocycles. The van der Waals surface area contributed by atoms with Crippen LogP contribution in [0.25, 0.3) is 0 Å². The Hall–Kier alpha value is -0.660. The van der Waals surface area contributed by atoms with E-state index in [1.165, 1.54) is 11.4 Å². The van der Waals surface area contributed by atoms with E-state index < -0.39 is 21.7 Å². The first-order chi connectivity index (χ1) is 6.95. The number of nitrogens with zero attached hydrogens (tertiary/aromatic N) is 1. The predicted octanol–water partition coefficient (Wildman–Crippen LogP) is -1.09. The summed E-state index contributed by atoms with van der Waals surface area (Å²) in [6, 6.07) is 0.0644. The lowest BCUT2D eigenvalue weighted by atomic mass is 10.1. The topological polar surface area (TPSA) is 89.7 Å². The Bertz CT molecular complexity index is 320. The summed E-state index contributed by atoms with van der Waals surface area (Å²) in [6.45, 7) is 0.779. The molecule has 0 bridgehead atoms. The molecule has 15 heavy (non-hydrogen) atoms. The fraction of sp³-hybridized carbons (Fsp3) is 0.875. The number of carbonyl (C=O) groups excluding carboxylic acids is 1. The molecule has 0 radical (unpaired) electrons. The van der Waals surface area contributed by atoms with Gasteiger partial charge in [-0.15, -0.1) is 0 Å². The lowest BCUT2D eigenvalue weighted by Gasteiger charge is -2.28. The van der Waals surface area contributed by atoms with Crippen LogP contribution in [0.5, 0.6) is 0 Å². The molecule has 0 aliphatic carbocycles. The highest BCUT2D eigenvalue weighted by Crippen LogP contribution is 2.12. The average Bonchev–Trinajstić information content (AvgIpc) is 2.17. The average molecular weight is 236 g/mol. The van der Waals surface area contributed by atoms with Crippen molar-refractivity contribution in [3.05, 3.63) is 0 Å². The first kappa shape index (κ1) is 12.4. The van der Waals surface area contributed by atoms with Crippen molar-refractivity contribution in [2.24, 2.45) is 5.73 Å². The molecular weight excluding hydrogens is 220 g/mol. The smallest absolute Gasteiger partial charge is 0.322 e. The third kappa shape index (κ3) is 3.44. The monoisotopic (exact) mass is 236 g/mol. The normalized spacial score (nSPS) is 20.1. The fourth-order valence-corrected chi connectivity index (χ4v) is 2.82. The minimum atomic E-state index is -3.51. The van der Waals surface area contributed by atoms with Crippen molar-refractivity contribution >= 4 is 16.0 Å². The number of carbonyl (C=O) groups is 1. The summed E-state index contributed by atoms with van der Waals surface area (Å²) >= 11 is 0. The van der Waals surface area contributed by atoms with Crippen LogP contribution < -0.4 is 5.73 Å². The summed E-state index contributed by atoms with van der Waals surface area (Å²) in [5.41, 5.74) is 5.65. The van der Waals surface area contributed by atoms with Gasteiger partial charge in [-0.1, -0.05) is 0 Å². The number of hydrogen-bond donors (Lipinski definition) is 1. The number of nitrogens with two attached hydrogens (primary N) is 1. The molecule has 0 amide bonds. The molecule has 0 aromatic heterocycles. The lowest BCUT2D eigenvalue weighted by Crippen LogP contribution is -2.44. The second-order valence-corrected chi connectivity index (χ2v) is 5.54. The standard InChI is InChI=1S/C8H16N2O4S/c1-14-8(11)6-15(12,13)10-4-2-7(9)3-5-10/h7H,2-6,9H2,1H3. The third-order valence-electron chi connectivity index (χ3n) is 2.42. The van der Waals surface area contributed by atoms with Crippen LogP contribution in [0.3, 0.4) is 0 Å². The molecule has 0 saturated carbocycles. The van der Waals surface area contributed by atoms with Gasteiger partial charge in [0.1, 0.15) is 0 Å². The van der Waals surface area contributed by atoms with E-state index >= 15 is 0 Å². The summed E-state index contributed by atoms with van der Waals surface area (Å²) in [4.78, 5) is 10.9. The number of rotatable bonds is 3. The van der Waals surface area contributed by atoms with Gasteiger partial charge in [0.15, 0.2) is 5.75 Å². The van der Waals surface area contributed by atoms with Crippen LogP contribution in [0.15, 0.2) is 0 Å². The largest absolute Gasteiger partial charge is 0.468 e. The fourth-order valence-electron chi connectivity index (χ4n) is 1.45. The van der Waals surface area contributed by atoms with E-state index in [0.717, 1.165) is 0 Å². The summed E-state index contributed by atoms with van der Waals surface area (Å²) in [5, 5.41) is 0. The van der Waals surface area contributed by atoms with Gasteiger partial charge in [-0.2, -0.15) is 0 Å². The van der Waals surface area contributed by atoms with Crippen molar-refractivity contribution in [1.29, 1.82) is 0 Å². The van der Waals surface area contributed by atoms with Crippen LogP contribution in [0.2, 0.25) is 0 Å². The van der Waals surface area contributed by atoms with Crippen LogP contribution >= 0.6 is 0 Å². The van der Waals surface area contributed by atoms with Crippen LogP contribution in [0.1, 0.15) is 12.8 Å². The number of methoxy groups -OCH3 is 1.